The summed E-state index contributed by atoms with van der Waals surface area (Å²) in [5.74, 6) is -0.704. The molecule has 0 saturated carbocycles. The van der Waals surface area contributed by atoms with Gasteiger partial charge in [-0.2, -0.15) is 9.97 Å². The third-order valence-corrected chi connectivity index (χ3v) is 4.62. The van der Waals surface area contributed by atoms with Crippen LogP contribution < -0.4 is 10.1 Å². The maximum atomic E-state index is 13.7. The molecule has 1 N–H and O–H groups in total. The van der Waals surface area contributed by atoms with Crippen molar-refractivity contribution in [3.8, 4) is 11.8 Å². The van der Waals surface area contributed by atoms with Crippen molar-refractivity contribution in [3.05, 3.63) is 71.3 Å². The fourth-order valence-electron chi connectivity index (χ4n) is 2.47. The van der Waals surface area contributed by atoms with Gasteiger partial charge in [0.2, 0.25) is 0 Å². The molecule has 3 rings (SSSR count). The summed E-state index contributed by atoms with van der Waals surface area (Å²) in [7, 11) is 0. The van der Waals surface area contributed by atoms with Crippen LogP contribution in [0, 0.1) is 19.7 Å². The smallest absolute Gasteiger partial charge is 0.322 e. The van der Waals surface area contributed by atoms with Crippen LogP contribution in [-0.2, 0) is 0 Å². The van der Waals surface area contributed by atoms with Crippen LogP contribution in [0.2, 0.25) is 0 Å². The largest absolute Gasteiger partial charge is 0.421 e. The number of para-hydroxylation sites is 1. The Kier molecular flexibility index (Phi) is 5.71. The highest BCUT2D eigenvalue weighted by atomic mass is 32.2. The van der Waals surface area contributed by atoms with Gasteiger partial charge in [0.1, 0.15) is 0 Å². The van der Waals surface area contributed by atoms with Gasteiger partial charge >= 0.3 is 6.01 Å². The number of nitrogens with one attached hydrogen (secondary N) is 1. The molecule has 0 aliphatic rings. The first-order valence-corrected chi connectivity index (χ1v) is 9.43. The maximum absolute atomic E-state index is 13.7. The van der Waals surface area contributed by atoms with Crippen LogP contribution >= 0.6 is 11.8 Å². The van der Waals surface area contributed by atoms with Crippen LogP contribution in [0.25, 0.3) is 0 Å². The first-order valence-electron chi connectivity index (χ1n) is 8.21. The van der Waals surface area contributed by atoms with E-state index in [4.69, 9.17) is 4.74 Å². The summed E-state index contributed by atoms with van der Waals surface area (Å²) in [4.78, 5) is 22.0. The van der Waals surface area contributed by atoms with Crippen LogP contribution in [0.4, 0.5) is 10.1 Å². The molecular weight excluding hydrogens is 365 g/mol. The predicted octanol–water partition coefficient (Wildman–Crippen LogP) is 5.00. The SMILES string of the molecule is CSc1ccc(C(=O)Nc2c(C)nc(Oc3ccccc3F)nc2C)cc1. The van der Waals surface area contributed by atoms with Crippen LogP contribution in [0.3, 0.4) is 0 Å². The average molecular weight is 383 g/mol. The van der Waals surface area contributed by atoms with E-state index in [1.165, 1.54) is 12.1 Å². The second-order valence-corrected chi connectivity index (χ2v) is 6.65. The number of carbonyl (C=O) groups excluding carboxylic acids is 1. The van der Waals surface area contributed by atoms with Crippen LogP contribution in [0.15, 0.2) is 53.4 Å². The Labute approximate surface area is 161 Å². The Balaban J connectivity index is 1.80. The lowest BCUT2D eigenvalue weighted by molar-refractivity contribution is 0.102. The fraction of sp³-hybridized carbons (Fsp3) is 0.150. The van der Waals surface area contributed by atoms with E-state index in [9.17, 15) is 9.18 Å². The lowest BCUT2D eigenvalue weighted by Gasteiger charge is -2.13. The van der Waals surface area contributed by atoms with Crippen molar-refractivity contribution in [2.45, 2.75) is 18.7 Å². The van der Waals surface area contributed by atoms with Crippen molar-refractivity contribution >= 4 is 23.4 Å². The zero-order valence-electron chi connectivity index (χ0n) is 15.1. The standard InChI is InChI=1S/C20H18FN3O2S/c1-12-18(24-19(25)14-8-10-15(27-3)11-9-14)13(2)23-20(22-12)26-17-7-5-4-6-16(17)21/h4-11H,1-3H3,(H,24,25). The number of amides is 1. The first-order chi connectivity index (χ1) is 13.0. The molecule has 0 unspecified atom stereocenters. The Hall–Kier alpha value is -2.93. The Bertz CT molecular complexity index is 954. The van der Waals surface area contributed by atoms with Gasteiger partial charge in [-0.05, 0) is 56.5 Å². The summed E-state index contributed by atoms with van der Waals surface area (Å²) in [6.07, 6.45) is 1.98. The minimum absolute atomic E-state index is 0.0254. The normalized spacial score (nSPS) is 10.5. The summed E-state index contributed by atoms with van der Waals surface area (Å²) >= 11 is 1.61. The van der Waals surface area contributed by atoms with Gasteiger partial charge in [-0.25, -0.2) is 4.39 Å². The summed E-state index contributed by atoms with van der Waals surface area (Å²) in [5.41, 5.74) is 2.11. The van der Waals surface area contributed by atoms with Crippen molar-refractivity contribution in [2.75, 3.05) is 11.6 Å². The molecule has 138 valence electrons. The molecule has 0 aliphatic heterocycles. The van der Waals surface area contributed by atoms with Gasteiger partial charge in [0, 0.05) is 10.5 Å². The molecule has 0 spiro atoms. The number of hydrogen-bond donors (Lipinski definition) is 1. The zero-order valence-corrected chi connectivity index (χ0v) is 15.9. The third kappa shape index (κ3) is 4.43. The molecule has 27 heavy (non-hydrogen) atoms. The molecule has 0 saturated heterocycles. The number of rotatable bonds is 5. The van der Waals surface area contributed by atoms with Gasteiger partial charge in [-0.15, -0.1) is 11.8 Å². The Morgan fingerprint density at radius 2 is 1.67 bits per heavy atom. The van der Waals surface area contributed by atoms with E-state index < -0.39 is 5.82 Å². The molecule has 1 heterocycles. The van der Waals surface area contributed by atoms with Gasteiger partial charge < -0.3 is 10.1 Å². The van der Waals surface area contributed by atoms with Gasteiger partial charge in [0.05, 0.1) is 17.1 Å². The fourth-order valence-corrected chi connectivity index (χ4v) is 2.87. The molecular formula is C20H18FN3O2S. The molecule has 0 atom stereocenters. The monoisotopic (exact) mass is 383 g/mol. The van der Waals surface area contributed by atoms with E-state index in [0.29, 0.717) is 22.6 Å². The van der Waals surface area contributed by atoms with E-state index >= 15 is 0 Å². The highest BCUT2D eigenvalue weighted by Crippen LogP contribution is 2.25. The van der Waals surface area contributed by atoms with Gasteiger partial charge in [-0.1, -0.05) is 12.1 Å². The summed E-state index contributed by atoms with van der Waals surface area (Å²) in [5, 5.41) is 2.83. The number of thioether (sulfide) groups is 1. The molecule has 1 amide bonds. The number of aromatic nitrogens is 2. The van der Waals surface area contributed by atoms with E-state index in [1.54, 1.807) is 49.9 Å². The number of halogens is 1. The van der Waals surface area contributed by atoms with E-state index in [0.717, 1.165) is 4.90 Å². The minimum Gasteiger partial charge on any atom is -0.421 e. The summed E-state index contributed by atoms with van der Waals surface area (Å²) in [6.45, 7) is 3.46. The van der Waals surface area contributed by atoms with Crippen molar-refractivity contribution in [2.24, 2.45) is 0 Å². The van der Waals surface area contributed by atoms with E-state index in [1.807, 2.05) is 18.4 Å². The molecule has 1 aromatic heterocycles. The maximum Gasteiger partial charge on any atom is 0.322 e. The van der Waals surface area contributed by atoms with Gasteiger partial charge in [0.25, 0.3) is 5.91 Å². The molecule has 5 nitrogen and oxygen atoms in total. The Morgan fingerprint density at radius 3 is 2.26 bits per heavy atom. The molecule has 0 fully saturated rings. The number of benzene rings is 2. The summed E-state index contributed by atoms with van der Waals surface area (Å²) in [6, 6.07) is 13.4. The number of anilines is 1. The summed E-state index contributed by atoms with van der Waals surface area (Å²) < 4.78 is 19.2. The van der Waals surface area contributed by atoms with Crippen LogP contribution in [0.5, 0.6) is 11.8 Å². The predicted molar refractivity (Wildman–Crippen MR) is 104 cm³/mol. The average Bonchev–Trinajstić information content (AvgIpc) is 2.66. The molecule has 7 heteroatoms. The number of aryl methyl sites for hydroxylation is 2. The van der Waals surface area contributed by atoms with Crippen molar-refractivity contribution in [1.29, 1.82) is 0 Å². The Morgan fingerprint density at radius 1 is 1.04 bits per heavy atom. The third-order valence-electron chi connectivity index (χ3n) is 3.88. The van der Waals surface area contributed by atoms with E-state index in [2.05, 4.69) is 15.3 Å². The zero-order chi connectivity index (χ0) is 19.4. The topological polar surface area (TPSA) is 64.1 Å². The van der Waals surface area contributed by atoms with Gasteiger partial charge in [0.15, 0.2) is 11.6 Å². The van der Waals surface area contributed by atoms with Crippen molar-refractivity contribution < 1.29 is 13.9 Å². The number of hydrogen-bond acceptors (Lipinski definition) is 5. The first kappa shape index (κ1) is 18.8. The number of ether oxygens (including phenoxy) is 1. The van der Waals surface area contributed by atoms with Crippen molar-refractivity contribution in [3.63, 3.8) is 0 Å². The number of nitrogens with zero attached hydrogens (tertiary/aromatic N) is 2. The van der Waals surface area contributed by atoms with E-state index in [-0.39, 0.29) is 17.7 Å². The highest BCUT2D eigenvalue weighted by molar-refractivity contribution is 7.98. The number of carbonyl (C=O) groups is 1. The second kappa shape index (κ2) is 8.18. The second-order valence-electron chi connectivity index (χ2n) is 5.77. The molecule has 0 bridgehead atoms. The van der Waals surface area contributed by atoms with Gasteiger partial charge in [-0.3, -0.25) is 4.79 Å². The van der Waals surface area contributed by atoms with Crippen molar-refractivity contribution in [1.82, 2.24) is 9.97 Å². The van der Waals surface area contributed by atoms with Crippen LogP contribution in [0.1, 0.15) is 21.7 Å². The molecule has 0 radical (unpaired) electrons. The minimum atomic E-state index is -0.498. The quantitative estimate of drug-likeness (QED) is 0.628. The highest BCUT2D eigenvalue weighted by Gasteiger charge is 2.15. The molecule has 3 aromatic rings. The molecule has 2 aromatic carbocycles. The lowest BCUT2D eigenvalue weighted by atomic mass is 10.2. The van der Waals surface area contributed by atoms with Crippen LogP contribution in [-0.4, -0.2) is 22.1 Å². The molecule has 0 aliphatic carbocycles. The lowest BCUT2D eigenvalue weighted by Crippen LogP contribution is -2.15.